The quantitative estimate of drug-likeness (QED) is 0.282. The largest absolute Gasteiger partial charge is 0.481 e. The zero-order chi connectivity index (χ0) is 15.6. The Kier molecular flexibility index (Phi) is 15.7. The van der Waals surface area contributed by atoms with Gasteiger partial charge in [-0.05, 0) is 37.8 Å². The fourth-order valence-electron chi connectivity index (χ4n) is 1.79. The summed E-state index contributed by atoms with van der Waals surface area (Å²) in [5.74, 6) is -0.770. The Morgan fingerprint density at radius 3 is 2.57 bits per heavy atom. The fourth-order valence-corrected chi connectivity index (χ4v) is 1.79. The van der Waals surface area contributed by atoms with E-state index in [0.29, 0.717) is 19.6 Å². The molecule has 0 aliphatic heterocycles. The van der Waals surface area contributed by atoms with Crippen LogP contribution in [0.1, 0.15) is 64.7 Å². The summed E-state index contributed by atoms with van der Waals surface area (Å²) in [5, 5.41) is 8.44. The van der Waals surface area contributed by atoms with Crippen LogP contribution in [0, 0.1) is 0 Å². The smallest absolute Gasteiger partial charge is 0.303 e. The first kappa shape index (κ1) is 19.7. The van der Waals surface area contributed by atoms with Gasteiger partial charge in [0.05, 0.1) is 13.2 Å². The van der Waals surface area contributed by atoms with Gasteiger partial charge in [-0.1, -0.05) is 44.8 Å². The van der Waals surface area contributed by atoms with Crippen LogP contribution in [0.4, 0.5) is 0 Å². The molecule has 0 amide bonds. The maximum atomic E-state index is 10.3. The average molecular weight is 294 g/mol. The summed E-state index contributed by atoms with van der Waals surface area (Å²) < 4.78 is 5.46. The number of hydrogen-bond acceptors (Lipinski definition) is 2. The van der Waals surface area contributed by atoms with Crippen molar-refractivity contribution >= 4 is 5.97 Å². The molecule has 0 aliphatic carbocycles. The van der Waals surface area contributed by atoms with Gasteiger partial charge in [0.2, 0.25) is 0 Å². The molecule has 0 saturated carbocycles. The van der Waals surface area contributed by atoms with Gasteiger partial charge in [-0.25, -0.2) is 0 Å². The molecule has 0 rings (SSSR count). The van der Waals surface area contributed by atoms with Crippen molar-refractivity contribution < 1.29 is 14.6 Å². The van der Waals surface area contributed by atoms with Crippen LogP contribution >= 0.6 is 0 Å². The molecular formula is C18H30O3. The third kappa shape index (κ3) is 18.7. The molecule has 0 aromatic rings. The summed E-state index contributed by atoms with van der Waals surface area (Å²) >= 11 is 0. The second-order valence-corrected chi connectivity index (χ2v) is 5.05. The summed E-state index contributed by atoms with van der Waals surface area (Å²) in [7, 11) is 0. The monoisotopic (exact) mass is 294 g/mol. The second kappa shape index (κ2) is 16.7. The molecule has 0 aromatic heterocycles. The number of hydrogen-bond donors (Lipinski definition) is 1. The highest BCUT2D eigenvalue weighted by atomic mass is 16.5. The van der Waals surface area contributed by atoms with Crippen LogP contribution in [0.5, 0.6) is 0 Å². The average Bonchev–Trinajstić information content (AvgIpc) is 2.46. The molecule has 3 nitrogen and oxygen atoms in total. The Hall–Kier alpha value is -1.31. The van der Waals surface area contributed by atoms with E-state index in [1.54, 1.807) is 6.08 Å². The fraction of sp³-hybridized carbons (Fsp3) is 0.667. The number of rotatable bonds is 14. The summed E-state index contributed by atoms with van der Waals surface area (Å²) in [6.07, 6.45) is 17.2. The van der Waals surface area contributed by atoms with Crippen LogP contribution in [0.25, 0.3) is 0 Å². The van der Waals surface area contributed by atoms with Gasteiger partial charge in [0.1, 0.15) is 0 Å². The molecule has 0 radical (unpaired) electrons. The zero-order valence-electron chi connectivity index (χ0n) is 13.4. The predicted molar refractivity (Wildman–Crippen MR) is 87.5 cm³/mol. The van der Waals surface area contributed by atoms with Crippen molar-refractivity contribution in [3.63, 3.8) is 0 Å². The predicted octanol–water partition coefficient (Wildman–Crippen LogP) is 4.89. The zero-order valence-corrected chi connectivity index (χ0v) is 13.4. The van der Waals surface area contributed by atoms with Gasteiger partial charge < -0.3 is 9.84 Å². The van der Waals surface area contributed by atoms with Crippen LogP contribution in [-0.2, 0) is 9.53 Å². The van der Waals surface area contributed by atoms with Crippen molar-refractivity contribution in [3.8, 4) is 0 Å². The molecule has 0 saturated heterocycles. The van der Waals surface area contributed by atoms with Crippen LogP contribution in [0.2, 0.25) is 0 Å². The van der Waals surface area contributed by atoms with E-state index < -0.39 is 5.97 Å². The van der Waals surface area contributed by atoms with Crippen molar-refractivity contribution in [1.29, 1.82) is 0 Å². The Labute approximate surface area is 129 Å². The number of allylic oxidation sites excluding steroid dienone is 1. The lowest BCUT2D eigenvalue weighted by Gasteiger charge is -1.97. The first-order chi connectivity index (χ1) is 10.3. The highest BCUT2D eigenvalue weighted by molar-refractivity contribution is 5.66. The summed E-state index contributed by atoms with van der Waals surface area (Å²) in [6, 6.07) is 0. The SMILES string of the molecule is CCCCCCCC=CCOCCC=C=CCCC(=O)O. The second-order valence-electron chi connectivity index (χ2n) is 5.05. The van der Waals surface area contributed by atoms with Crippen molar-refractivity contribution in [1.82, 2.24) is 0 Å². The highest BCUT2D eigenvalue weighted by Crippen LogP contribution is 2.05. The van der Waals surface area contributed by atoms with Gasteiger partial charge in [0, 0.05) is 6.42 Å². The summed E-state index contributed by atoms with van der Waals surface area (Å²) in [6.45, 7) is 3.59. The van der Waals surface area contributed by atoms with E-state index in [1.807, 2.05) is 6.08 Å². The van der Waals surface area contributed by atoms with Crippen molar-refractivity contribution in [2.24, 2.45) is 0 Å². The Balaban J connectivity index is 3.27. The molecule has 0 heterocycles. The lowest BCUT2D eigenvalue weighted by Crippen LogP contribution is -1.92. The molecule has 0 unspecified atom stereocenters. The number of carboxylic acids is 1. The molecule has 0 spiro atoms. The van der Waals surface area contributed by atoms with E-state index in [4.69, 9.17) is 9.84 Å². The minimum atomic E-state index is -0.770. The number of carbonyl (C=O) groups is 1. The first-order valence-electron chi connectivity index (χ1n) is 8.11. The molecule has 0 bridgehead atoms. The Bertz CT molecular complexity index is 325. The maximum Gasteiger partial charge on any atom is 0.303 e. The number of aliphatic carboxylic acids is 1. The van der Waals surface area contributed by atoms with Crippen LogP contribution < -0.4 is 0 Å². The minimum absolute atomic E-state index is 0.167. The molecule has 0 fully saturated rings. The molecule has 120 valence electrons. The third-order valence-electron chi connectivity index (χ3n) is 3.00. The number of carboxylic acid groups (broad SMARTS) is 1. The summed E-state index contributed by atoms with van der Waals surface area (Å²) in [4.78, 5) is 10.3. The van der Waals surface area contributed by atoms with E-state index in [2.05, 4.69) is 24.8 Å². The Morgan fingerprint density at radius 1 is 1.05 bits per heavy atom. The lowest BCUT2D eigenvalue weighted by atomic mass is 10.1. The van der Waals surface area contributed by atoms with Gasteiger partial charge in [0.15, 0.2) is 0 Å². The third-order valence-corrected chi connectivity index (χ3v) is 3.00. The number of ether oxygens (including phenoxy) is 1. The Morgan fingerprint density at radius 2 is 1.81 bits per heavy atom. The topological polar surface area (TPSA) is 46.5 Å². The van der Waals surface area contributed by atoms with Crippen molar-refractivity contribution in [3.05, 3.63) is 30.0 Å². The van der Waals surface area contributed by atoms with Crippen LogP contribution in [0.15, 0.2) is 30.0 Å². The van der Waals surface area contributed by atoms with E-state index in [0.717, 1.165) is 12.8 Å². The molecule has 3 heteroatoms. The maximum absolute atomic E-state index is 10.3. The van der Waals surface area contributed by atoms with Gasteiger partial charge >= 0.3 is 5.97 Å². The molecular weight excluding hydrogens is 264 g/mol. The van der Waals surface area contributed by atoms with Gasteiger partial charge in [0.25, 0.3) is 0 Å². The molecule has 1 N–H and O–H groups in total. The van der Waals surface area contributed by atoms with E-state index in [-0.39, 0.29) is 6.42 Å². The molecule has 0 aromatic carbocycles. The van der Waals surface area contributed by atoms with Gasteiger partial charge in [-0.15, -0.1) is 5.73 Å². The summed E-state index contributed by atoms with van der Waals surface area (Å²) in [5.41, 5.74) is 2.96. The molecule has 0 aliphatic rings. The minimum Gasteiger partial charge on any atom is -0.481 e. The van der Waals surface area contributed by atoms with Gasteiger partial charge in [-0.2, -0.15) is 0 Å². The van der Waals surface area contributed by atoms with Crippen LogP contribution in [0.3, 0.4) is 0 Å². The van der Waals surface area contributed by atoms with E-state index >= 15 is 0 Å². The van der Waals surface area contributed by atoms with Crippen molar-refractivity contribution in [2.75, 3.05) is 13.2 Å². The lowest BCUT2D eigenvalue weighted by molar-refractivity contribution is -0.136. The number of unbranched alkanes of at least 4 members (excludes halogenated alkanes) is 5. The highest BCUT2D eigenvalue weighted by Gasteiger charge is 1.90. The molecule has 0 atom stereocenters. The first-order valence-corrected chi connectivity index (χ1v) is 8.11. The van der Waals surface area contributed by atoms with Crippen LogP contribution in [-0.4, -0.2) is 24.3 Å². The standard InChI is InChI=1S/C18H30O3/c1-2-3-4-5-6-7-10-13-16-21-17-14-11-8-9-12-15-18(19)20/h9-11,13H,2-7,12,14-17H2,1H3,(H,19,20). The normalized spacial score (nSPS) is 10.5. The van der Waals surface area contributed by atoms with E-state index in [9.17, 15) is 4.79 Å². The molecule has 21 heavy (non-hydrogen) atoms. The van der Waals surface area contributed by atoms with Crippen molar-refractivity contribution in [2.45, 2.75) is 64.7 Å². The van der Waals surface area contributed by atoms with Gasteiger partial charge in [-0.3, -0.25) is 4.79 Å². The van der Waals surface area contributed by atoms with E-state index in [1.165, 1.54) is 32.1 Å².